The van der Waals surface area contributed by atoms with Gasteiger partial charge in [0.05, 0.1) is 0 Å². The average Bonchev–Trinajstić information content (AvgIpc) is 2.98. The molecule has 4 rings (SSSR count). The minimum Gasteiger partial charge on any atom is -0.322 e. The SMILES string of the molecule is CCc1cc2cc(C(C3CCCCCC3)N3CCC(=O)CC3)ccc2[nH]c1=O. The number of likely N-dealkylation sites (tertiary alicyclic amines) is 1. The molecule has 150 valence electrons. The fourth-order valence-electron chi connectivity index (χ4n) is 5.18. The van der Waals surface area contributed by atoms with Crippen LogP contribution in [-0.4, -0.2) is 28.8 Å². The maximum absolute atomic E-state index is 12.2. The second kappa shape index (κ2) is 8.60. The molecule has 2 aliphatic rings. The van der Waals surface area contributed by atoms with Crippen molar-refractivity contribution in [2.75, 3.05) is 13.1 Å². The van der Waals surface area contributed by atoms with Gasteiger partial charge in [0.25, 0.3) is 5.56 Å². The standard InChI is InChI=1S/C24H32N2O2/c1-2-17-15-20-16-19(9-10-22(20)25-24(17)28)23(18-7-5-3-4-6-8-18)26-13-11-21(27)12-14-26/h9-10,15-16,18,23H,2-8,11-14H2,1H3,(H,25,28). The van der Waals surface area contributed by atoms with Crippen LogP contribution in [0.3, 0.4) is 0 Å². The Kier molecular flexibility index (Phi) is 5.96. The third kappa shape index (κ3) is 4.07. The first kappa shape index (κ1) is 19.4. The van der Waals surface area contributed by atoms with Gasteiger partial charge in [-0.2, -0.15) is 0 Å². The molecule has 2 heterocycles. The summed E-state index contributed by atoms with van der Waals surface area (Å²) < 4.78 is 0. The lowest BCUT2D eigenvalue weighted by Crippen LogP contribution is -2.40. The van der Waals surface area contributed by atoms with Crippen molar-refractivity contribution in [2.24, 2.45) is 5.92 Å². The number of ketones is 1. The van der Waals surface area contributed by atoms with Crippen LogP contribution in [0.15, 0.2) is 29.1 Å². The number of carbonyl (C=O) groups is 1. The Bertz CT molecular complexity index is 883. The number of nitrogens with one attached hydrogen (secondary N) is 1. The molecule has 1 aromatic carbocycles. The maximum atomic E-state index is 12.2. The molecule has 1 aliphatic heterocycles. The molecule has 0 radical (unpaired) electrons. The van der Waals surface area contributed by atoms with Crippen molar-refractivity contribution in [3.63, 3.8) is 0 Å². The topological polar surface area (TPSA) is 53.2 Å². The van der Waals surface area contributed by atoms with E-state index < -0.39 is 0 Å². The number of fused-ring (bicyclic) bond motifs is 1. The van der Waals surface area contributed by atoms with E-state index in [9.17, 15) is 9.59 Å². The van der Waals surface area contributed by atoms with Gasteiger partial charge >= 0.3 is 0 Å². The van der Waals surface area contributed by atoms with Gasteiger partial charge in [0.1, 0.15) is 5.78 Å². The number of aromatic amines is 1. The van der Waals surface area contributed by atoms with Crippen LogP contribution in [0.1, 0.15) is 75.5 Å². The lowest BCUT2D eigenvalue weighted by atomic mass is 9.84. The summed E-state index contributed by atoms with van der Waals surface area (Å²) in [5.41, 5.74) is 3.14. The molecule has 4 heteroatoms. The number of aromatic nitrogens is 1. The van der Waals surface area contributed by atoms with E-state index >= 15 is 0 Å². The predicted octanol–water partition coefficient (Wildman–Crippen LogP) is 4.77. The van der Waals surface area contributed by atoms with Gasteiger partial charge in [-0.25, -0.2) is 0 Å². The largest absolute Gasteiger partial charge is 0.322 e. The number of benzene rings is 1. The Morgan fingerprint density at radius 2 is 1.75 bits per heavy atom. The molecule has 2 fully saturated rings. The Hall–Kier alpha value is -1.94. The van der Waals surface area contributed by atoms with Gasteiger partial charge in [-0.3, -0.25) is 14.5 Å². The number of carbonyl (C=O) groups excluding carboxylic acids is 1. The van der Waals surface area contributed by atoms with Crippen LogP contribution in [0.4, 0.5) is 0 Å². The summed E-state index contributed by atoms with van der Waals surface area (Å²) in [5.74, 6) is 1.06. The zero-order valence-corrected chi connectivity index (χ0v) is 17.0. The minimum atomic E-state index is 0.0256. The van der Waals surface area contributed by atoms with Crippen LogP contribution in [0.5, 0.6) is 0 Å². The van der Waals surface area contributed by atoms with E-state index in [-0.39, 0.29) is 5.56 Å². The summed E-state index contributed by atoms with van der Waals surface area (Å²) >= 11 is 0. The van der Waals surface area contributed by atoms with Gasteiger partial charge in [0.2, 0.25) is 0 Å². The van der Waals surface area contributed by atoms with E-state index in [4.69, 9.17) is 0 Å². The molecule has 1 saturated carbocycles. The van der Waals surface area contributed by atoms with Gasteiger partial charge in [0.15, 0.2) is 0 Å². The predicted molar refractivity (Wildman–Crippen MR) is 114 cm³/mol. The molecule has 1 N–H and O–H groups in total. The van der Waals surface area contributed by atoms with Crippen LogP contribution >= 0.6 is 0 Å². The lowest BCUT2D eigenvalue weighted by Gasteiger charge is -2.39. The van der Waals surface area contributed by atoms with E-state index in [1.807, 2.05) is 6.92 Å². The van der Waals surface area contributed by atoms with Crippen LogP contribution in [0, 0.1) is 5.92 Å². The highest BCUT2D eigenvalue weighted by Gasteiger charge is 2.31. The van der Waals surface area contributed by atoms with Crippen molar-refractivity contribution in [3.8, 4) is 0 Å². The summed E-state index contributed by atoms with van der Waals surface area (Å²) in [7, 11) is 0. The molecule has 4 nitrogen and oxygen atoms in total. The first-order valence-corrected chi connectivity index (χ1v) is 11.1. The number of piperidine rings is 1. The quantitative estimate of drug-likeness (QED) is 0.778. The van der Waals surface area contributed by atoms with Gasteiger partial charge in [-0.1, -0.05) is 38.7 Å². The van der Waals surface area contributed by atoms with Crippen molar-refractivity contribution in [1.82, 2.24) is 9.88 Å². The van der Waals surface area contributed by atoms with Crippen molar-refractivity contribution in [3.05, 3.63) is 45.7 Å². The monoisotopic (exact) mass is 380 g/mol. The van der Waals surface area contributed by atoms with E-state index in [0.717, 1.165) is 36.0 Å². The molecule has 1 aromatic heterocycles. The molecule has 1 saturated heterocycles. The molecule has 1 unspecified atom stereocenters. The first-order valence-electron chi connectivity index (χ1n) is 11.1. The number of aryl methyl sites for hydroxylation is 1. The molecular weight excluding hydrogens is 348 g/mol. The number of hydrogen-bond donors (Lipinski definition) is 1. The molecule has 0 amide bonds. The van der Waals surface area contributed by atoms with E-state index in [0.29, 0.717) is 30.6 Å². The van der Waals surface area contributed by atoms with E-state index in [1.165, 1.54) is 44.1 Å². The Morgan fingerprint density at radius 3 is 2.43 bits per heavy atom. The molecule has 1 atom stereocenters. The highest BCUT2D eigenvalue weighted by atomic mass is 16.1. The van der Waals surface area contributed by atoms with Crippen molar-refractivity contribution in [1.29, 1.82) is 0 Å². The fourth-order valence-corrected chi connectivity index (χ4v) is 5.18. The van der Waals surface area contributed by atoms with Crippen LogP contribution in [0.25, 0.3) is 10.9 Å². The van der Waals surface area contributed by atoms with E-state index in [1.54, 1.807) is 0 Å². The lowest BCUT2D eigenvalue weighted by molar-refractivity contribution is -0.122. The Morgan fingerprint density at radius 1 is 1.04 bits per heavy atom. The van der Waals surface area contributed by atoms with Gasteiger partial charge < -0.3 is 4.98 Å². The fraction of sp³-hybridized carbons (Fsp3) is 0.583. The molecular formula is C24H32N2O2. The van der Waals surface area contributed by atoms with Gasteiger partial charge in [-0.05, 0) is 54.3 Å². The smallest absolute Gasteiger partial charge is 0.251 e. The van der Waals surface area contributed by atoms with Gasteiger partial charge in [0, 0.05) is 43.1 Å². The Labute approximate surface area is 167 Å². The zero-order valence-electron chi connectivity index (χ0n) is 17.0. The first-order chi connectivity index (χ1) is 13.7. The average molecular weight is 381 g/mol. The minimum absolute atomic E-state index is 0.0256. The zero-order chi connectivity index (χ0) is 19.5. The van der Waals surface area contributed by atoms with Crippen LogP contribution in [-0.2, 0) is 11.2 Å². The van der Waals surface area contributed by atoms with Crippen molar-refractivity contribution in [2.45, 2.75) is 70.8 Å². The maximum Gasteiger partial charge on any atom is 0.251 e. The third-order valence-corrected chi connectivity index (χ3v) is 6.76. The number of pyridine rings is 1. The molecule has 1 aliphatic carbocycles. The third-order valence-electron chi connectivity index (χ3n) is 6.76. The van der Waals surface area contributed by atoms with Gasteiger partial charge in [-0.15, -0.1) is 0 Å². The summed E-state index contributed by atoms with van der Waals surface area (Å²) in [4.78, 5) is 29.6. The van der Waals surface area contributed by atoms with Crippen molar-refractivity contribution >= 4 is 16.7 Å². The number of H-pyrrole nitrogens is 1. The molecule has 0 spiro atoms. The summed E-state index contributed by atoms with van der Waals surface area (Å²) in [6.07, 6.45) is 9.99. The van der Waals surface area contributed by atoms with E-state index in [2.05, 4.69) is 34.1 Å². The number of hydrogen-bond acceptors (Lipinski definition) is 3. The number of Topliss-reactive ketones (excluding diaryl/α,β-unsaturated/α-hetero) is 1. The summed E-state index contributed by atoms with van der Waals surface area (Å²) in [5, 5.41) is 1.13. The summed E-state index contributed by atoms with van der Waals surface area (Å²) in [6.45, 7) is 3.78. The van der Waals surface area contributed by atoms with Crippen molar-refractivity contribution < 1.29 is 4.79 Å². The van der Waals surface area contributed by atoms with Crippen LogP contribution < -0.4 is 5.56 Å². The highest BCUT2D eigenvalue weighted by Crippen LogP contribution is 2.39. The number of nitrogens with zero attached hydrogens (tertiary/aromatic N) is 1. The highest BCUT2D eigenvalue weighted by molar-refractivity contribution is 5.80. The second-order valence-corrected chi connectivity index (χ2v) is 8.60. The molecule has 28 heavy (non-hydrogen) atoms. The Balaban J connectivity index is 1.72. The normalized spacial score (nSPS) is 21.0. The molecule has 0 bridgehead atoms. The number of rotatable bonds is 4. The summed E-state index contributed by atoms with van der Waals surface area (Å²) in [6, 6.07) is 9.01. The second-order valence-electron chi connectivity index (χ2n) is 8.60. The van der Waals surface area contributed by atoms with Crippen LogP contribution in [0.2, 0.25) is 0 Å². The molecule has 2 aromatic rings.